The van der Waals surface area contributed by atoms with E-state index in [-0.39, 0.29) is 0 Å². The van der Waals surface area contributed by atoms with Gasteiger partial charge < -0.3 is 5.32 Å². The molecule has 2 rings (SSSR count). The Balaban J connectivity index is 2.73. The Hall–Kier alpha value is -0.990. The van der Waals surface area contributed by atoms with Gasteiger partial charge in [-0.25, -0.2) is 4.98 Å². The third-order valence-electron chi connectivity index (χ3n) is 2.42. The lowest BCUT2D eigenvalue weighted by molar-refractivity contribution is 1.16. The number of nitrogens with zero attached hydrogens (tertiary/aromatic N) is 1. The van der Waals surface area contributed by atoms with Gasteiger partial charge in [0.05, 0.1) is 15.6 Å². The van der Waals surface area contributed by atoms with Crippen molar-refractivity contribution >= 4 is 39.9 Å². The summed E-state index contributed by atoms with van der Waals surface area (Å²) >= 11 is 12.2. The smallest absolute Gasteiger partial charge is 0.129 e. The first-order valence-corrected chi connectivity index (χ1v) is 5.88. The zero-order valence-electron chi connectivity index (χ0n) is 9.14. The molecule has 1 aromatic carbocycles. The zero-order valence-corrected chi connectivity index (χ0v) is 10.7. The highest BCUT2D eigenvalue weighted by atomic mass is 35.5. The monoisotopic (exact) mass is 254 g/mol. The van der Waals surface area contributed by atoms with Gasteiger partial charge in [0.25, 0.3) is 0 Å². The molecule has 2 nitrogen and oxygen atoms in total. The van der Waals surface area contributed by atoms with Crippen LogP contribution >= 0.6 is 23.2 Å². The van der Waals surface area contributed by atoms with Crippen molar-refractivity contribution in [2.24, 2.45) is 0 Å². The molecule has 84 valence electrons. The Morgan fingerprint density at radius 2 is 1.94 bits per heavy atom. The van der Waals surface area contributed by atoms with Crippen molar-refractivity contribution < 1.29 is 0 Å². The van der Waals surface area contributed by atoms with Crippen LogP contribution in [0.25, 0.3) is 10.9 Å². The largest absolute Gasteiger partial charge is 0.370 e. The molecule has 0 amide bonds. The molecule has 1 heterocycles. The lowest BCUT2D eigenvalue weighted by Gasteiger charge is -2.09. The normalized spacial score (nSPS) is 10.8. The number of fused-ring (bicyclic) bond motifs is 1. The number of hydrogen-bond acceptors (Lipinski definition) is 2. The molecule has 0 radical (unpaired) electrons. The Morgan fingerprint density at radius 3 is 2.62 bits per heavy atom. The number of pyridine rings is 1. The molecule has 0 spiro atoms. The highest BCUT2D eigenvalue weighted by molar-refractivity contribution is 6.39. The molecule has 1 aromatic heterocycles. The fraction of sp³-hybridized carbons (Fsp3) is 0.250. The van der Waals surface area contributed by atoms with Crippen LogP contribution in [-0.4, -0.2) is 11.5 Å². The van der Waals surface area contributed by atoms with Crippen LogP contribution in [0.1, 0.15) is 12.5 Å². The minimum absolute atomic E-state index is 0.624. The third-order valence-corrected chi connectivity index (χ3v) is 3.05. The molecule has 0 aliphatic heterocycles. The van der Waals surface area contributed by atoms with Gasteiger partial charge in [-0.2, -0.15) is 0 Å². The topological polar surface area (TPSA) is 24.9 Å². The van der Waals surface area contributed by atoms with E-state index in [0.29, 0.717) is 10.0 Å². The van der Waals surface area contributed by atoms with Gasteiger partial charge in [0, 0.05) is 11.9 Å². The van der Waals surface area contributed by atoms with Crippen LogP contribution in [0.3, 0.4) is 0 Å². The molecule has 0 aliphatic carbocycles. The van der Waals surface area contributed by atoms with Crippen LogP contribution in [0.5, 0.6) is 0 Å². The number of benzene rings is 1. The van der Waals surface area contributed by atoms with Gasteiger partial charge in [-0.15, -0.1) is 0 Å². The van der Waals surface area contributed by atoms with E-state index < -0.39 is 0 Å². The average molecular weight is 255 g/mol. The van der Waals surface area contributed by atoms with Gasteiger partial charge in [-0.3, -0.25) is 0 Å². The Morgan fingerprint density at radius 1 is 1.25 bits per heavy atom. The standard InChI is InChI=1S/C12H12Cl2N2/c1-3-15-12-7(2)6-8-9(13)4-5-10(14)11(8)16-12/h4-6H,3H2,1-2H3,(H,15,16). The quantitative estimate of drug-likeness (QED) is 0.866. The van der Waals surface area contributed by atoms with Crippen molar-refractivity contribution in [2.75, 3.05) is 11.9 Å². The Bertz CT molecular complexity index is 538. The van der Waals surface area contributed by atoms with Crippen LogP contribution in [0.4, 0.5) is 5.82 Å². The number of rotatable bonds is 2. The number of halogens is 2. The maximum absolute atomic E-state index is 6.11. The van der Waals surface area contributed by atoms with Gasteiger partial charge in [0.2, 0.25) is 0 Å². The van der Waals surface area contributed by atoms with E-state index in [9.17, 15) is 0 Å². The molecule has 0 atom stereocenters. The SMILES string of the molecule is CCNc1nc2c(Cl)ccc(Cl)c2cc1C. The molecule has 16 heavy (non-hydrogen) atoms. The van der Waals surface area contributed by atoms with Crippen LogP contribution in [-0.2, 0) is 0 Å². The van der Waals surface area contributed by atoms with Gasteiger partial charge in [-0.05, 0) is 37.6 Å². The van der Waals surface area contributed by atoms with Crippen LogP contribution in [0, 0.1) is 6.92 Å². The summed E-state index contributed by atoms with van der Waals surface area (Å²) < 4.78 is 0. The summed E-state index contributed by atoms with van der Waals surface area (Å²) in [4.78, 5) is 4.50. The number of hydrogen-bond donors (Lipinski definition) is 1. The van der Waals surface area contributed by atoms with E-state index in [1.54, 1.807) is 12.1 Å². The van der Waals surface area contributed by atoms with Crippen molar-refractivity contribution in [1.82, 2.24) is 4.98 Å². The predicted molar refractivity (Wildman–Crippen MR) is 70.7 cm³/mol. The lowest BCUT2D eigenvalue weighted by atomic mass is 10.1. The Labute approximate surface area is 105 Å². The number of aryl methyl sites for hydroxylation is 1. The van der Waals surface area contributed by atoms with Crippen LogP contribution < -0.4 is 5.32 Å². The van der Waals surface area contributed by atoms with E-state index in [1.807, 2.05) is 19.9 Å². The van der Waals surface area contributed by atoms with Crippen molar-refractivity contribution in [3.63, 3.8) is 0 Å². The Kier molecular flexibility index (Phi) is 3.22. The van der Waals surface area contributed by atoms with E-state index in [2.05, 4.69) is 10.3 Å². The minimum atomic E-state index is 0.624. The minimum Gasteiger partial charge on any atom is -0.370 e. The molecule has 1 N–H and O–H groups in total. The second-order valence-corrected chi connectivity index (χ2v) is 4.42. The summed E-state index contributed by atoms with van der Waals surface area (Å²) in [7, 11) is 0. The maximum Gasteiger partial charge on any atom is 0.129 e. The summed E-state index contributed by atoms with van der Waals surface area (Å²) in [5.41, 5.74) is 1.81. The molecule has 2 aromatic rings. The molecule has 0 fully saturated rings. The molecular weight excluding hydrogens is 243 g/mol. The van der Waals surface area contributed by atoms with Crippen LogP contribution in [0.15, 0.2) is 18.2 Å². The fourth-order valence-corrected chi connectivity index (χ4v) is 2.05. The highest BCUT2D eigenvalue weighted by Gasteiger charge is 2.08. The number of nitrogens with one attached hydrogen (secondary N) is 1. The second-order valence-electron chi connectivity index (χ2n) is 3.61. The molecule has 0 bridgehead atoms. The van der Waals surface area contributed by atoms with Gasteiger partial charge in [0.15, 0.2) is 0 Å². The van der Waals surface area contributed by atoms with Crippen molar-refractivity contribution in [1.29, 1.82) is 0 Å². The molecule has 0 aliphatic rings. The predicted octanol–water partition coefficient (Wildman–Crippen LogP) is 4.28. The number of anilines is 1. The zero-order chi connectivity index (χ0) is 11.7. The van der Waals surface area contributed by atoms with Gasteiger partial charge in [-0.1, -0.05) is 23.2 Å². The van der Waals surface area contributed by atoms with E-state index in [1.165, 1.54) is 0 Å². The van der Waals surface area contributed by atoms with Crippen LogP contribution in [0.2, 0.25) is 10.0 Å². The maximum atomic E-state index is 6.11. The second kappa shape index (κ2) is 4.48. The lowest BCUT2D eigenvalue weighted by Crippen LogP contribution is -2.01. The first-order chi connectivity index (χ1) is 7.63. The van der Waals surface area contributed by atoms with Gasteiger partial charge in [0.1, 0.15) is 5.82 Å². The average Bonchev–Trinajstić information content (AvgIpc) is 2.26. The van der Waals surface area contributed by atoms with E-state index in [4.69, 9.17) is 23.2 Å². The first-order valence-electron chi connectivity index (χ1n) is 5.12. The number of aromatic nitrogens is 1. The molecule has 0 saturated heterocycles. The van der Waals surface area contributed by atoms with Crippen molar-refractivity contribution in [3.8, 4) is 0 Å². The van der Waals surface area contributed by atoms with E-state index in [0.717, 1.165) is 28.8 Å². The summed E-state index contributed by atoms with van der Waals surface area (Å²) in [6, 6.07) is 5.57. The first kappa shape index (κ1) is 11.5. The van der Waals surface area contributed by atoms with Crippen molar-refractivity contribution in [3.05, 3.63) is 33.8 Å². The van der Waals surface area contributed by atoms with E-state index >= 15 is 0 Å². The summed E-state index contributed by atoms with van der Waals surface area (Å²) in [6.07, 6.45) is 0. The summed E-state index contributed by atoms with van der Waals surface area (Å²) in [5, 5.41) is 5.40. The van der Waals surface area contributed by atoms with Crippen molar-refractivity contribution in [2.45, 2.75) is 13.8 Å². The molecular formula is C12H12Cl2N2. The highest BCUT2D eigenvalue weighted by Crippen LogP contribution is 2.31. The molecule has 0 saturated carbocycles. The third kappa shape index (κ3) is 1.95. The molecule has 0 unspecified atom stereocenters. The van der Waals surface area contributed by atoms with Gasteiger partial charge >= 0.3 is 0 Å². The fourth-order valence-electron chi connectivity index (χ4n) is 1.64. The molecule has 4 heteroatoms. The summed E-state index contributed by atoms with van der Waals surface area (Å²) in [6.45, 7) is 4.87. The summed E-state index contributed by atoms with van der Waals surface area (Å²) in [5.74, 6) is 0.860.